The van der Waals surface area contributed by atoms with Gasteiger partial charge in [-0.2, -0.15) is 5.26 Å². The Morgan fingerprint density at radius 1 is 1.37 bits per heavy atom. The number of morpholine rings is 1. The average Bonchev–Trinajstić information content (AvgIpc) is 3.42. The van der Waals surface area contributed by atoms with Crippen molar-refractivity contribution in [2.45, 2.75) is 38.0 Å². The average molecular weight is 368 g/mol. The lowest BCUT2D eigenvalue weighted by molar-refractivity contribution is 0.0212. The van der Waals surface area contributed by atoms with Crippen LogP contribution in [0, 0.1) is 24.1 Å². The topological polar surface area (TPSA) is 70.3 Å². The molecule has 0 amide bonds. The third-order valence-corrected chi connectivity index (χ3v) is 5.89. The second-order valence-electron chi connectivity index (χ2n) is 7.74. The molecule has 1 saturated carbocycles. The summed E-state index contributed by atoms with van der Waals surface area (Å²) in [5, 5.41) is 13.6. The zero-order valence-electron chi connectivity index (χ0n) is 15.2. The first-order valence-electron chi connectivity index (χ1n) is 9.46. The highest BCUT2D eigenvalue weighted by Crippen LogP contribution is 2.40. The summed E-state index contributed by atoms with van der Waals surface area (Å²) in [6, 6.07) is 3.93. The predicted molar refractivity (Wildman–Crippen MR) is 99.6 cm³/mol. The molecule has 140 valence electrons. The van der Waals surface area contributed by atoms with Gasteiger partial charge in [-0.3, -0.25) is 4.79 Å². The molecule has 1 aromatic carbocycles. The molecule has 2 aliphatic heterocycles. The Balaban J connectivity index is 1.73. The third-order valence-electron chi connectivity index (χ3n) is 5.89. The molecule has 2 aromatic rings. The molecule has 7 heteroatoms. The molecule has 0 spiro atoms. The molecular weight excluding hydrogens is 347 g/mol. The summed E-state index contributed by atoms with van der Waals surface area (Å²) in [5.74, 6) is -0.511. The number of benzene rings is 1. The van der Waals surface area contributed by atoms with E-state index in [-0.39, 0.29) is 29.2 Å². The van der Waals surface area contributed by atoms with Gasteiger partial charge in [-0.1, -0.05) is 0 Å². The normalized spacial score (nSPS) is 24.9. The van der Waals surface area contributed by atoms with Gasteiger partial charge in [0.2, 0.25) is 0 Å². The maximum absolute atomic E-state index is 15.2. The summed E-state index contributed by atoms with van der Waals surface area (Å²) < 4.78 is 23.0. The molecule has 3 aliphatic rings. The zero-order chi connectivity index (χ0) is 18.7. The Hall–Kier alpha value is -2.43. The minimum atomic E-state index is -0.511. The number of pyridine rings is 1. The molecule has 5 rings (SSSR count). The van der Waals surface area contributed by atoms with Crippen molar-refractivity contribution in [3.8, 4) is 6.07 Å². The van der Waals surface area contributed by atoms with E-state index < -0.39 is 5.82 Å². The molecule has 3 heterocycles. The molecule has 0 unspecified atom stereocenters. The van der Waals surface area contributed by atoms with Gasteiger partial charge in [0.05, 0.1) is 35.3 Å². The largest absolute Gasteiger partial charge is 0.373 e. The number of aryl methyl sites for hydroxylation is 1. The predicted octanol–water partition coefficient (Wildman–Crippen LogP) is 1.83. The first kappa shape index (κ1) is 16.7. The Morgan fingerprint density at radius 3 is 2.89 bits per heavy atom. The minimum absolute atomic E-state index is 0.0102. The molecule has 2 atom stereocenters. The van der Waals surface area contributed by atoms with E-state index in [0.717, 1.165) is 19.4 Å². The van der Waals surface area contributed by atoms with Gasteiger partial charge in [-0.15, -0.1) is 0 Å². The van der Waals surface area contributed by atoms with Crippen molar-refractivity contribution >= 4 is 16.6 Å². The van der Waals surface area contributed by atoms with E-state index in [1.807, 2.05) is 15.7 Å². The molecule has 27 heavy (non-hydrogen) atoms. The van der Waals surface area contributed by atoms with Crippen LogP contribution >= 0.6 is 0 Å². The molecular formula is C20H21FN4O2. The summed E-state index contributed by atoms with van der Waals surface area (Å²) in [7, 11) is 0. The van der Waals surface area contributed by atoms with Crippen LogP contribution < -0.4 is 15.6 Å². The van der Waals surface area contributed by atoms with E-state index in [2.05, 4.69) is 11.4 Å². The molecule has 1 N–H and O–H groups in total. The molecule has 2 saturated heterocycles. The van der Waals surface area contributed by atoms with Crippen molar-refractivity contribution < 1.29 is 9.13 Å². The minimum Gasteiger partial charge on any atom is -0.373 e. The number of rotatable bonds is 2. The lowest BCUT2D eigenvalue weighted by atomic mass is 10.0. The fraction of sp³-hybridized carbons (Fsp3) is 0.500. The van der Waals surface area contributed by atoms with Crippen molar-refractivity contribution in [1.29, 1.82) is 5.26 Å². The Labute approximate surface area is 156 Å². The van der Waals surface area contributed by atoms with Crippen molar-refractivity contribution in [3.05, 3.63) is 39.4 Å². The van der Waals surface area contributed by atoms with Gasteiger partial charge in [0, 0.05) is 37.4 Å². The van der Waals surface area contributed by atoms with Crippen LogP contribution in [-0.2, 0) is 4.74 Å². The SMILES string of the molecule is Cc1cn(C2CC2)c2c(C#N)c(N3C[C@@H]4NCCO[C@H]4C3)c(F)cc2c1=O. The molecule has 1 aliphatic carbocycles. The van der Waals surface area contributed by atoms with Crippen molar-refractivity contribution in [2.24, 2.45) is 0 Å². The van der Waals surface area contributed by atoms with Crippen LogP contribution in [0.1, 0.15) is 30.0 Å². The maximum atomic E-state index is 15.2. The second kappa shape index (κ2) is 6.04. The number of ether oxygens (including phenoxy) is 1. The summed E-state index contributed by atoms with van der Waals surface area (Å²) in [6.07, 6.45) is 3.84. The Bertz CT molecular complexity index is 1020. The highest BCUT2D eigenvalue weighted by atomic mass is 19.1. The van der Waals surface area contributed by atoms with Gasteiger partial charge in [-0.25, -0.2) is 4.39 Å². The molecule has 0 radical (unpaired) electrons. The quantitative estimate of drug-likeness (QED) is 0.876. The summed E-state index contributed by atoms with van der Waals surface area (Å²) in [5.41, 5.74) is 1.49. The zero-order valence-corrected chi connectivity index (χ0v) is 15.2. The molecule has 3 fully saturated rings. The van der Waals surface area contributed by atoms with E-state index in [1.54, 1.807) is 6.92 Å². The Morgan fingerprint density at radius 2 is 2.19 bits per heavy atom. The number of anilines is 1. The van der Waals surface area contributed by atoms with Gasteiger partial charge in [0.25, 0.3) is 0 Å². The lowest BCUT2D eigenvalue weighted by Gasteiger charge is -2.25. The fourth-order valence-corrected chi connectivity index (χ4v) is 4.45. The number of nitriles is 1. The third kappa shape index (κ3) is 2.55. The van der Waals surface area contributed by atoms with Gasteiger partial charge >= 0.3 is 0 Å². The molecule has 1 aromatic heterocycles. The molecule has 0 bridgehead atoms. The maximum Gasteiger partial charge on any atom is 0.192 e. The van der Waals surface area contributed by atoms with Gasteiger partial charge < -0.3 is 19.5 Å². The van der Waals surface area contributed by atoms with Crippen LogP contribution in [-0.4, -0.2) is 43.0 Å². The highest BCUT2D eigenvalue weighted by molar-refractivity contribution is 5.91. The number of fused-ring (bicyclic) bond motifs is 2. The van der Waals surface area contributed by atoms with E-state index in [0.29, 0.717) is 41.9 Å². The van der Waals surface area contributed by atoms with Gasteiger partial charge in [0.1, 0.15) is 17.4 Å². The first-order chi connectivity index (χ1) is 13.1. The van der Waals surface area contributed by atoms with Crippen LogP contribution in [0.2, 0.25) is 0 Å². The fourth-order valence-electron chi connectivity index (χ4n) is 4.45. The molecule has 6 nitrogen and oxygen atoms in total. The van der Waals surface area contributed by atoms with Crippen molar-refractivity contribution in [2.75, 3.05) is 31.1 Å². The van der Waals surface area contributed by atoms with Crippen LogP contribution in [0.25, 0.3) is 10.9 Å². The van der Waals surface area contributed by atoms with E-state index in [4.69, 9.17) is 4.74 Å². The van der Waals surface area contributed by atoms with E-state index >= 15 is 4.39 Å². The number of aromatic nitrogens is 1. The van der Waals surface area contributed by atoms with Gasteiger partial charge in [0.15, 0.2) is 5.43 Å². The summed E-state index contributed by atoms with van der Waals surface area (Å²) in [4.78, 5) is 14.5. The first-order valence-corrected chi connectivity index (χ1v) is 9.46. The van der Waals surface area contributed by atoms with Crippen molar-refractivity contribution in [1.82, 2.24) is 9.88 Å². The Kier molecular flexibility index (Phi) is 3.74. The number of nitrogens with zero attached hydrogens (tertiary/aromatic N) is 3. The summed E-state index contributed by atoms with van der Waals surface area (Å²) >= 11 is 0. The van der Waals surface area contributed by atoms with E-state index in [9.17, 15) is 10.1 Å². The van der Waals surface area contributed by atoms with Crippen LogP contribution in [0.5, 0.6) is 0 Å². The highest BCUT2D eigenvalue weighted by Gasteiger charge is 2.38. The number of hydrogen-bond acceptors (Lipinski definition) is 5. The number of halogens is 1. The standard InChI is InChI=1S/C20H21FN4O2/c1-11-8-25(12-2-3-12)18-13(20(11)26)6-15(21)19(14(18)7-22)24-9-16-17(10-24)27-5-4-23-16/h6,8,12,16-17,23H,2-5,9-10H2,1H3/t16-,17-/m0/s1. The van der Waals surface area contributed by atoms with Crippen LogP contribution in [0.15, 0.2) is 17.1 Å². The lowest BCUT2D eigenvalue weighted by Crippen LogP contribution is -2.47. The van der Waals surface area contributed by atoms with Crippen LogP contribution in [0.4, 0.5) is 10.1 Å². The number of hydrogen-bond donors (Lipinski definition) is 1. The number of nitrogens with one attached hydrogen (secondary N) is 1. The van der Waals surface area contributed by atoms with E-state index in [1.165, 1.54) is 6.07 Å². The van der Waals surface area contributed by atoms with Gasteiger partial charge in [-0.05, 0) is 25.8 Å². The second-order valence-corrected chi connectivity index (χ2v) is 7.74. The summed E-state index contributed by atoms with van der Waals surface area (Å²) in [6.45, 7) is 4.28. The van der Waals surface area contributed by atoms with Crippen molar-refractivity contribution in [3.63, 3.8) is 0 Å². The monoisotopic (exact) mass is 368 g/mol. The van der Waals surface area contributed by atoms with Crippen LogP contribution in [0.3, 0.4) is 0 Å². The smallest absolute Gasteiger partial charge is 0.192 e.